The summed E-state index contributed by atoms with van der Waals surface area (Å²) in [5.74, 6) is 0.723. The lowest BCUT2D eigenvalue weighted by Crippen LogP contribution is -1.92. The van der Waals surface area contributed by atoms with Gasteiger partial charge >= 0.3 is 0 Å². The van der Waals surface area contributed by atoms with Crippen molar-refractivity contribution in [3.05, 3.63) is 72.0 Å². The van der Waals surface area contributed by atoms with Crippen LogP contribution in [0.3, 0.4) is 0 Å². The molecule has 1 aromatic heterocycles. The maximum atomic E-state index is 12.1. The normalized spacial score (nSPS) is 11.1. The lowest BCUT2D eigenvalue weighted by atomic mass is 10.1. The first-order chi connectivity index (χ1) is 10.3. The van der Waals surface area contributed by atoms with Gasteiger partial charge in [-0.1, -0.05) is 30.3 Å². The third-order valence-electron chi connectivity index (χ3n) is 3.28. The average Bonchev–Trinajstić information content (AvgIpc) is 2.95. The molecule has 0 saturated heterocycles. The zero-order chi connectivity index (χ0) is 14.7. The minimum absolute atomic E-state index is 0.0344. The minimum atomic E-state index is -0.0344. The van der Waals surface area contributed by atoms with E-state index in [0.717, 1.165) is 22.3 Å². The Morgan fingerprint density at radius 3 is 2.71 bits per heavy atom. The smallest absolute Gasteiger partial charge is 0.185 e. The van der Waals surface area contributed by atoms with Crippen molar-refractivity contribution in [1.82, 2.24) is 0 Å². The van der Waals surface area contributed by atoms with E-state index in [4.69, 9.17) is 9.15 Å². The Balaban J connectivity index is 1.91. The number of methoxy groups -OCH3 is 1. The molecular formula is C18H14O3. The van der Waals surface area contributed by atoms with E-state index in [1.165, 1.54) is 0 Å². The second kappa shape index (κ2) is 5.67. The molecule has 0 amide bonds. The van der Waals surface area contributed by atoms with Crippen LogP contribution in [0.5, 0.6) is 5.75 Å². The van der Waals surface area contributed by atoms with Crippen LogP contribution >= 0.6 is 0 Å². The first kappa shape index (κ1) is 13.2. The van der Waals surface area contributed by atoms with Crippen molar-refractivity contribution in [2.24, 2.45) is 0 Å². The van der Waals surface area contributed by atoms with Crippen molar-refractivity contribution >= 4 is 22.8 Å². The van der Waals surface area contributed by atoms with Crippen molar-refractivity contribution < 1.29 is 13.9 Å². The van der Waals surface area contributed by atoms with Gasteiger partial charge < -0.3 is 9.15 Å². The fraction of sp³-hybridized carbons (Fsp3) is 0.0556. The molecule has 0 aliphatic heterocycles. The molecule has 104 valence electrons. The summed E-state index contributed by atoms with van der Waals surface area (Å²) in [6.45, 7) is 0. The Hall–Kier alpha value is -2.81. The fourth-order valence-electron chi connectivity index (χ4n) is 2.15. The summed E-state index contributed by atoms with van der Waals surface area (Å²) in [6, 6.07) is 14.8. The molecule has 0 unspecified atom stereocenters. The van der Waals surface area contributed by atoms with Crippen molar-refractivity contribution in [2.75, 3.05) is 7.11 Å². The van der Waals surface area contributed by atoms with E-state index in [-0.39, 0.29) is 5.78 Å². The maximum Gasteiger partial charge on any atom is 0.185 e. The number of carbonyl (C=O) groups excluding carboxylic acids is 1. The molecule has 0 atom stereocenters. The molecule has 0 radical (unpaired) electrons. The number of rotatable bonds is 4. The average molecular weight is 278 g/mol. The Morgan fingerprint density at radius 1 is 1.14 bits per heavy atom. The van der Waals surface area contributed by atoms with Crippen LogP contribution in [-0.2, 0) is 0 Å². The van der Waals surface area contributed by atoms with E-state index >= 15 is 0 Å². The minimum Gasteiger partial charge on any atom is -0.497 e. The molecule has 0 fully saturated rings. The largest absolute Gasteiger partial charge is 0.497 e. The molecule has 0 bridgehead atoms. The SMILES string of the molecule is COc1ccc2occ(/C=C/C(=O)c3ccccc3)c2c1. The summed E-state index contributed by atoms with van der Waals surface area (Å²) in [7, 11) is 1.62. The number of carbonyl (C=O) groups is 1. The van der Waals surface area contributed by atoms with Gasteiger partial charge in [-0.25, -0.2) is 0 Å². The standard InChI is InChI=1S/C18H14O3/c1-20-15-8-10-18-16(11-15)14(12-21-18)7-9-17(19)13-5-3-2-4-6-13/h2-12H,1H3/b9-7+. The molecule has 3 aromatic rings. The van der Waals surface area contributed by atoms with Gasteiger partial charge in [0.05, 0.1) is 13.4 Å². The molecule has 0 saturated carbocycles. The molecular weight excluding hydrogens is 264 g/mol. The number of ether oxygens (including phenoxy) is 1. The van der Waals surface area contributed by atoms with Crippen molar-refractivity contribution in [1.29, 1.82) is 0 Å². The highest BCUT2D eigenvalue weighted by Gasteiger charge is 2.06. The zero-order valence-electron chi connectivity index (χ0n) is 11.6. The molecule has 3 nitrogen and oxygen atoms in total. The van der Waals surface area contributed by atoms with Crippen molar-refractivity contribution in [2.45, 2.75) is 0 Å². The van der Waals surface area contributed by atoms with Gasteiger partial charge in [0.1, 0.15) is 11.3 Å². The Labute approximate surface area is 122 Å². The second-order valence-corrected chi connectivity index (χ2v) is 4.62. The van der Waals surface area contributed by atoms with Gasteiger partial charge in [0, 0.05) is 16.5 Å². The monoisotopic (exact) mass is 278 g/mol. The van der Waals surface area contributed by atoms with Crippen LogP contribution < -0.4 is 4.74 Å². The lowest BCUT2D eigenvalue weighted by Gasteiger charge is -1.98. The number of ketones is 1. The molecule has 3 rings (SSSR count). The first-order valence-corrected chi connectivity index (χ1v) is 6.60. The predicted molar refractivity (Wildman–Crippen MR) is 82.6 cm³/mol. The van der Waals surface area contributed by atoms with Crippen molar-refractivity contribution in [3.8, 4) is 5.75 Å². The third kappa shape index (κ3) is 2.72. The molecule has 0 aliphatic carbocycles. The van der Waals surface area contributed by atoms with Crippen LogP contribution in [-0.4, -0.2) is 12.9 Å². The van der Waals surface area contributed by atoms with E-state index in [1.807, 2.05) is 36.4 Å². The highest BCUT2D eigenvalue weighted by atomic mass is 16.5. The van der Waals surface area contributed by atoms with Crippen LogP contribution in [0, 0.1) is 0 Å². The number of hydrogen-bond donors (Lipinski definition) is 0. The van der Waals surface area contributed by atoms with Gasteiger partial charge in [-0.3, -0.25) is 4.79 Å². The zero-order valence-corrected chi connectivity index (χ0v) is 11.6. The molecule has 0 N–H and O–H groups in total. The topological polar surface area (TPSA) is 39.4 Å². The molecule has 1 heterocycles. The van der Waals surface area contributed by atoms with Crippen LogP contribution in [0.1, 0.15) is 15.9 Å². The highest BCUT2D eigenvalue weighted by Crippen LogP contribution is 2.26. The fourth-order valence-corrected chi connectivity index (χ4v) is 2.15. The second-order valence-electron chi connectivity index (χ2n) is 4.62. The highest BCUT2D eigenvalue weighted by molar-refractivity contribution is 6.07. The summed E-state index contributed by atoms with van der Waals surface area (Å²) in [4.78, 5) is 12.1. The predicted octanol–water partition coefficient (Wildman–Crippen LogP) is 4.34. The van der Waals surface area contributed by atoms with Crippen molar-refractivity contribution in [3.63, 3.8) is 0 Å². The van der Waals surface area contributed by atoms with Gasteiger partial charge in [-0.05, 0) is 30.4 Å². The first-order valence-electron chi connectivity index (χ1n) is 6.60. The maximum absolute atomic E-state index is 12.1. The molecule has 3 heteroatoms. The summed E-state index contributed by atoms with van der Waals surface area (Å²) in [6.07, 6.45) is 4.96. The van der Waals surface area contributed by atoms with E-state index in [0.29, 0.717) is 5.56 Å². The van der Waals surface area contributed by atoms with Crippen LogP contribution in [0.15, 0.2) is 65.3 Å². The Kier molecular flexibility index (Phi) is 3.56. The van der Waals surface area contributed by atoms with Crippen LogP contribution in [0.4, 0.5) is 0 Å². The van der Waals surface area contributed by atoms with Gasteiger partial charge in [-0.2, -0.15) is 0 Å². The molecule has 2 aromatic carbocycles. The number of allylic oxidation sites excluding steroid dienone is 1. The molecule has 21 heavy (non-hydrogen) atoms. The van der Waals surface area contributed by atoms with Gasteiger partial charge in [0.25, 0.3) is 0 Å². The molecule has 0 spiro atoms. The summed E-state index contributed by atoms with van der Waals surface area (Å²) in [5.41, 5.74) is 2.29. The third-order valence-corrected chi connectivity index (χ3v) is 3.28. The lowest BCUT2D eigenvalue weighted by molar-refractivity contribution is 0.104. The summed E-state index contributed by atoms with van der Waals surface area (Å²) < 4.78 is 10.7. The Bertz CT molecular complexity index is 798. The van der Waals surface area contributed by atoms with E-state index < -0.39 is 0 Å². The molecule has 0 aliphatic rings. The van der Waals surface area contributed by atoms with Crippen LogP contribution in [0.25, 0.3) is 17.0 Å². The number of fused-ring (bicyclic) bond motifs is 1. The summed E-state index contributed by atoms with van der Waals surface area (Å²) >= 11 is 0. The Morgan fingerprint density at radius 2 is 1.95 bits per heavy atom. The number of furan rings is 1. The van der Waals surface area contributed by atoms with Gasteiger partial charge in [0.2, 0.25) is 0 Å². The number of benzene rings is 2. The quantitative estimate of drug-likeness (QED) is 0.526. The van der Waals surface area contributed by atoms with Crippen LogP contribution in [0.2, 0.25) is 0 Å². The number of hydrogen-bond acceptors (Lipinski definition) is 3. The summed E-state index contributed by atoms with van der Waals surface area (Å²) in [5, 5.41) is 0.923. The van der Waals surface area contributed by atoms with E-state index in [1.54, 1.807) is 37.7 Å². The van der Waals surface area contributed by atoms with E-state index in [9.17, 15) is 4.79 Å². The van der Waals surface area contributed by atoms with Gasteiger partial charge in [-0.15, -0.1) is 0 Å². The van der Waals surface area contributed by atoms with Gasteiger partial charge in [0.15, 0.2) is 5.78 Å². The van der Waals surface area contributed by atoms with E-state index in [2.05, 4.69) is 0 Å².